The molecule has 1 fully saturated rings. The topological polar surface area (TPSA) is 68.7 Å². The largest absolute Gasteiger partial charge is 0.472 e. The molecule has 1 aliphatic heterocycles. The quantitative estimate of drug-likeness (QED) is 0.748. The summed E-state index contributed by atoms with van der Waals surface area (Å²) in [7, 11) is 0. The Hall–Kier alpha value is -2.11. The lowest BCUT2D eigenvalue weighted by Crippen LogP contribution is -2.31. The van der Waals surface area contributed by atoms with E-state index in [-0.39, 0.29) is 30.8 Å². The molecule has 0 N–H and O–H groups in total. The third kappa shape index (κ3) is 4.72. The lowest BCUT2D eigenvalue weighted by atomic mass is 10.3. The normalized spacial score (nSPS) is 17.4. The lowest BCUT2D eigenvalue weighted by Gasteiger charge is -2.16. The Morgan fingerprint density at radius 1 is 1.36 bits per heavy atom. The number of pyridine rings is 1. The molecule has 0 radical (unpaired) electrons. The number of carbonyl (C=O) groups excluding carboxylic acids is 2. The number of nitrogens with zero attached hydrogens (tertiary/aromatic N) is 2. The van der Waals surface area contributed by atoms with Crippen LogP contribution in [0.5, 0.6) is 5.88 Å². The van der Waals surface area contributed by atoms with Gasteiger partial charge in [-0.1, -0.05) is 6.07 Å². The average molecular weight is 306 g/mol. The van der Waals surface area contributed by atoms with E-state index < -0.39 is 0 Å². The van der Waals surface area contributed by atoms with E-state index in [1.807, 2.05) is 19.1 Å². The van der Waals surface area contributed by atoms with E-state index in [2.05, 4.69) is 4.98 Å². The number of amides is 1. The second-order valence-electron chi connectivity index (χ2n) is 5.35. The van der Waals surface area contributed by atoms with Crippen molar-refractivity contribution in [2.45, 2.75) is 39.2 Å². The van der Waals surface area contributed by atoms with E-state index in [1.165, 1.54) is 0 Å². The summed E-state index contributed by atoms with van der Waals surface area (Å²) in [4.78, 5) is 29.3. The number of rotatable bonds is 6. The number of esters is 1. The number of hydrogen-bond acceptors (Lipinski definition) is 5. The molecule has 1 aromatic rings. The molecule has 1 aliphatic rings. The Labute approximate surface area is 130 Å². The van der Waals surface area contributed by atoms with Gasteiger partial charge in [0.15, 0.2) is 0 Å². The molecule has 0 spiro atoms. The number of hydrogen-bond donors (Lipinski definition) is 0. The molecule has 120 valence electrons. The molecule has 0 aliphatic carbocycles. The minimum absolute atomic E-state index is 0.0315. The van der Waals surface area contributed by atoms with Crippen LogP contribution < -0.4 is 4.74 Å². The van der Waals surface area contributed by atoms with Gasteiger partial charge in [-0.05, 0) is 19.4 Å². The molecule has 2 rings (SSSR count). The number of aromatic nitrogens is 1. The molecule has 0 aromatic carbocycles. The van der Waals surface area contributed by atoms with E-state index in [0.29, 0.717) is 25.6 Å². The van der Waals surface area contributed by atoms with Crippen LogP contribution in [-0.4, -0.2) is 47.6 Å². The second kappa shape index (κ2) is 7.77. The van der Waals surface area contributed by atoms with Crippen molar-refractivity contribution in [3.8, 4) is 5.88 Å². The minimum atomic E-state index is -0.327. The minimum Gasteiger partial charge on any atom is -0.472 e. The summed E-state index contributed by atoms with van der Waals surface area (Å²) in [5.41, 5.74) is 1.08. The van der Waals surface area contributed by atoms with Gasteiger partial charge in [0.2, 0.25) is 11.8 Å². The molecule has 0 saturated carbocycles. The number of ether oxygens (including phenoxy) is 2. The molecular formula is C16H22N2O4. The summed E-state index contributed by atoms with van der Waals surface area (Å²) in [5, 5.41) is 0. The van der Waals surface area contributed by atoms with Crippen LogP contribution in [0.3, 0.4) is 0 Å². The van der Waals surface area contributed by atoms with Crippen LogP contribution in [0.4, 0.5) is 0 Å². The van der Waals surface area contributed by atoms with Crippen molar-refractivity contribution in [2.75, 3.05) is 19.7 Å². The van der Waals surface area contributed by atoms with Crippen LogP contribution in [0.1, 0.15) is 31.7 Å². The summed E-state index contributed by atoms with van der Waals surface area (Å²) in [5.74, 6) is 0.221. The molecule has 22 heavy (non-hydrogen) atoms. The maximum atomic E-state index is 12.0. The highest BCUT2D eigenvalue weighted by atomic mass is 16.5. The molecule has 0 unspecified atom stereocenters. The van der Waals surface area contributed by atoms with Gasteiger partial charge in [0.25, 0.3) is 0 Å². The number of aryl methyl sites for hydroxylation is 1. The summed E-state index contributed by atoms with van der Waals surface area (Å²) >= 11 is 0. The summed E-state index contributed by atoms with van der Waals surface area (Å²) in [6.07, 6.45) is 2.82. The van der Waals surface area contributed by atoms with Crippen LogP contribution >= 0.6 is 0 Å². The lowest BCUT2D eigenvalue weighted by molar-refractivity contribution is -0.145. The van der Waals surface area contributed by atoms with Gasteiger partial charge in [-0.25, -0.2) is 4.98 Å². The highest BCUT2D eigenvalue weighted by molar-refractivity contribution is 5.81. The van der Waals surface area contributed by atoms with E-state index in [1.54, 1.807) is 18.0 Å². The molecule has 1 saturated heterocycles. The summed E-state index contributed by atoms with van der Waals surface area (Å²) in [6, 6.07) is 3.78. The van der Waals surface area contributed by atoms with E-state index in [9.17, 15) is 9.59 Å². The van der Waals surface area contributed by atoms with Gasteiger partial charge in [-0.2, -0.15) is 0 Å². The Bertz CT molecular complexity index is 515. The average Bonchev–Trinajstić information content (AvgIpc) is 2.96. The van der Waals surface area contributed by atoms with Crippen molar-refractivity contribution in [3.05, 3.63) is 23.9 Å². The van der Waals surface area contributed by atoms with Gasteiger partial charge >= 0.3 is 5.97 Å². The highest BCUT2D eigenvalue weighted by Crippen LogP contribution is 2.17. The number of carbonyl (C=O) groups is 2. The third-order valence-corrected chi connectivity index (χ3v) is 3.52. The molecule has 1 amide bonds. The van der Waals surface area contributed by atoms with E-state index in [0.717, 1.165) is 12.0 Å². The van der Waals surface area contributed by atoms with Gasteiger partial charge in [0.1, 0.15) is 6.10 Å². The molecule has 6 heteroatoms. The summed E-state index contributed by atoms with van der Waals surface area (Å²) < 4.78 is 10.6. The Morgan fingerprint density at radius 3 is 2.86 bits per heavy atom. The molecule has 0 bridgehead atoms. The maximum Gasteiger partial charge on any atom is 0.306 e. The maximum absolute atomic E-state index is 12.0. The smallest absolute Gasteiger partial charge is 0.306 e. The van der Waals surface area contributed by atoms with Gasteiger partial charge < -0.3 is 14.4 Å². The van der Waals surface area contributed by atoms with Crippen LogP contribution in [0.15, 0.2) is 18.3 Å². The molecular weight excluding hydrogens is 284 g/mol. The zero-order valence-corrected chi connectivity index (χ0v) is 13.1. The summed E-state index contributed by atoms with van der Waals surface area (Å²) in [6.45, 7) is 5.25. The van der Waals surface area contributed by atoms with Crippen LogP contribution in [0.25, 0.3) is 0 Å². The second-order valence-corrected chi connectivity index (χ2v) is 5.35. The van der Waals surface area contributed by atoms with Crippen molar-refractivity contribution >= 4 is 11.9 Å². The van der Waals surface area contributed by atoms with Gasteiger partial charge in [-0.15, -0.1) is 0 Å². The van der Waals surface area contributed by atoms with Gasteiger partial charge in [-0.3, -0.25) is 9.59 Å². The van der Waals surface area contributed by atoms with Crippen molar-refractivity contribution in [3.63, 3.8) is 0 Å². The zero-order chi connectivity index (χ0) is 15.9. The first-order valence-electron chi connectivity index (χ1n) is 7.61. The van der Waals surface area contributed by atoms with E-state index >= 15 is 0 Å². The Kier molecular flexibility index (Phi) is 5.75. The fourth-order valence-corrected chi connectivity index (χ4v) is 2.35. The van der Waals surface area contributed by atoms with Crippen molar-refractivity contribution in [2.24, 2.45) is 0 Å². The molecule has 1 atom stereocenters. The van der Waals surface area contributed by atoms with Crippen LogP contribution in [0.2, 0.25) is 0 Å². The van der Waals surface area contributed by atoms with Crippen LogP contribution in [-0.2, 0) is 14.3 Å². The molecule has 1 aromatic heterocycles. The fourth-order valence-electron chi connectivity index (χ4n) is 2.35. The first kappa shape index (κ1) is 16.3. The van der Waals surface area contributed by atoms with Crippen molar-refractivity contribution in [1.82, 2.24) is 9.88 Å². The molecule has 6 nitrogen and oxygen atoms in total. The van der Waals surface area contributed by atoms with Gasteiger partial charge in [0.05, 0.1) is 19.6 Å². The first-order valence-corrected chi connectivity index (χ1v) is 7.61. The standard InChI is InChI=1S/C16H22N2O4/c1-3-21-16(20)7-6-15(19)18-9-8-13(11-18)22-14-5-4-12(2)10-17-14/h4-5,10,13H,3,6-9,11H2,1-2H3/t13-/m0/s1. The van der Waals surface area contributed by atoms with Crippen molar-refractivity contribution in [1.29, 1.82) is 0 Å². The third-order valence-electron chi connectivity index (χ3n) is 3.52. The SMILES string of the molecule is CCOC(=O)CCC(=O)N1CC[C@H](Oc2ccc(C)cn2)C1. The highest BCUT2D eigenvalue weighted by Gasteiger charge is 2.27. The fraction of sp³-hybridized carbons (Fsp3) is 0.562. The molecule has 2 heterocycles. The van der Waals surface area contributed by atoms with Crippen molar-refractivity contribution < 1.29 is 19.1 Å². The van der Waals surface area contributed by atoms with Gasteiger partial charge in [0, 0.05) is 31.6 Å². The Balaban J connectivity index is 1.76. The monoisotopic (exact) mass is 306 g/mol. The zero-order valence-electron chi connectivity index (χ0n) is 13.1. The number of likely N-dealkylation sites (tertiary alicyclic amines) is 1. The van der Waals surface area contributed by atoms with E-state index in [4.69, 9.17) is 9.47 Å². The Morgan fingerprint density at radius 2 is 2.18 bits per heavy atom. The first-order chi connectivity index (χ1) is 10.6. The predicted molar refractivity (Wildman–Crippen MR) is 80.5 cm³/mol. The van der Waals surface area contributed by atoms with Crippen LogP contribution in [0, 0.1) is 6.92 Å². The predicted octanol–water partition coefficient (Wildman–Crippen LogP) is 1.71.